The largest absolute Gasteiger partial charge is 0.350 e. The van der Waals surface area contributed by atoms with Gasteiger partial charge in [-0.3, -0.25) is 4.99 Å². The van der Waals surface area contributed by atoms with Crippen molar-refractivity contribution < 1.29 is 0 Å². The smallest absolute Gasteiger partial charge is 0.0433 e. The fraction of sp³-hybridized carbons (Fsp3) is 0.545. The van der Waals surface area contributed by atoms with Gasteiger partial charge in [-0.25, -0.2) is 0 Å². The summed E-state index contributed by atoms with van der Waals surface area (Å²) >= 11 is 3.79. The summed E-state index contributed by atoms with van der Waals surface area (Å²) in [7, 11) is 2.00. The van der Waals surface area contributed by atoms with Gasteiger partial charge in [0.2, 0.25) is 0 Å². The summed E-state index contributed by atoms with van der Waals surface area (Å²) < 4.78 is 0. The molecule has 1 fully saturated rings. The lowest BCUT2D eigenvalue weighted by Gasteiger charge is -2.30. The molecule has 0 bridgehead atoms. The molecule has 0 spiro atoms. The molecule has 4 heteroatoms. The highest BCUT2D eigenvalue weighted by Gasteiger charge is 2.14. The van der Waals surface area contributed by atoms with E-state index in [1.54, 1.807) is 17.8 Å². The Labute approximate surface area is 235 Å². The Morgan fingerprint density at radius 3 is 2.32 bits per heavy atom. The predicted molar refractivity (Wildman–Crippen MR) is 173 cm³/mol. The van der Waals surface area contributed by atoms with Crippen molar-refractivity contribution in [2.24, 2.45) is 10.9 Å². The minimum atomic E-state index is 0.911. The van der Waals surface area contributed by atoms with Crippen molar-refractivity contribution >= 4 is 24.0 Å². The fourth-order valence-electron chi connectivity index (χ4n) is 3.82. The lowest BCUT2D eigenvalue weighted by atomic mass is 9.98. The third kappa shape index (κ3) is 18.0. The minimum absolute atomic E-state index is 0.911. The molecular formula is C33H55N3S. The maximum atomic E-state index is 4.20. The molecule has 1 aromatic carbocycles. The van der Waals surface area contributed by atoms with E-state index in [2.05, 4.69) is 85.4 Å². The first-order valence-electron chi connectivity index (χ1n) is 14.2. The van der Waals surface area contributed by atoms with Crippen molar-refractivity contribution in [2.45, 2.75) is 80.1 Å². The molecule has 0 atom stereocenters. The third-order valence-electron chi connectivity index (χ3n) is 6.19. The molecule has 0 unspecified atom stereocenters. The number of nitrogens with zero attached hydrogens (tertiary/aromatic N) is 3. The van der Waals surface area contributed by atoms with Crippen LogP contribution in [0.1, 0.15) is 78.7 Å². The van der Waals surface area contributed by atoms with Gasteiger partial charge in [-0.2, -0.15) is 12.6 Å². The van der Waals surface area contributed by atoms with Gasteiger partial charge in [-0.05, 0) is 102 Å². The van der Waals surface area contributed by atoms with Crippen LogP contribution in [0.4, 0.5) is 5.69 Å². The summed E-state index contributed by atoms with van der Waals surface area (Å²) in [5.41, 5.74) is 4.89. The van der Waals surface area contributed by atoms with E-state index in [0.29, 0.717) is 0 Å². The third-order valence-corrected chi connectivity index (χ3v) is 6.19. The van der Waals surface area contributed by atoms with Crippen LogP contribution in [0.3, 0.4) is 0 Å². The van der Waals surface area contributed by atoms with E-state index in [0.717, 1.165) is 23.1 Å². The molecule has 3 nitrogen and oxygen atoms in total. The van der Waals surface area contributed by atoms with E-state index in [1.165, 1.54) is 63.7 Å². The van der Waals surface area contributed by atoms with Crippen LogP contribution >= 0.6 is 12.6 Å². The first-order valence-corrected chi connectivity index (χ1v) is 14.8. The van der Waals surface area contributed by atoms with Gasteiger partial charge in [-0.15, -0.1) is 0 Å². The van der Waals surface area contributed by atoms with E-state index < -0.39 is 0 Å². The van der Waals surface area contributed by atoms with E-state index in [-0.39, 0.29) is 0 Å². The molecule has 208 valence electrons. The Morgan fingerprint density at radius 1 is 1.16 bits per heavy atom. The minimum Gasteiger partial charge on any atom is -0.350 e. The second-order valence-corrected chi connectivity index (χ2v) is 10.1. The van der Waals surface area contributed by atoms with Gasteiger partial charge in [0.25, 0.3) is 0 Å². The van der Waals surface area contributed by atoms with Crippen LogP contribution in [0.15, 0.2) is 78.1 Å². The molecule has 1 aliphatic heterocycles. The Kier molecular flexibility index (Phi) is 21.8. The molecule has 1 aromatic rings. The molecule has 0 saturated carbocycles. The zero-order valence-electron chi connectivity index (χ0n) is 24.9. The molecule has 0 radical (unpaired) electrons. The molecule has 3 rings (SSSR count). The molecule has 0 aromatic heterocycles. The number of aryl methyl sites for hydroxylation is 1. The molecule has 1 heterocycles. The number of aliphatic imine (C=N–C) groups is 1. The lowest BCUT2D eigenvalue weighted by Crippen LogP contribution is -2.33. The summed E-state index contributed by atoms with van der Waals surface area (Å²) in [6.07, 6.45) is 20.4. The highest BCUT2D eigenvalue weighted by atomic mass is 32.1. The summed E-state index contributed by atoms with van der Waals surface area (Å²) in [6, 6.07) is 8.36. The Hall–Kier alpha value is -2.04. The number of thiol groups is 1. The zero-order chi connectivity index (χ0) is 27.9. The van der Waals surface area contributed by atoms with Crippen molar-refractivity contribution in [1.29, 1.82) is 0 Å². The van der Waals surface area contributed by atoms with Gasteiger partial charge in [0, 0.05) is 30.8 Å². The molecule has 1 saturated heterocycles. The fourth-order valence-corrected chi connectivity index (χ4v) is 3.82. The van der Waals surface area contributed by atoms with E-state index >= 15 is 0 Å². The van der Waals surface area contributed by atoms with Crippen molar-refractivity contribution in [3.8, 4) is 0 Å². The first-order chi connectivity index (χ1) is 17.9. The van der Waals surface area contributed by atoms with Crippen LogP contribution in [-0.2, 0) is 0 Å². The van der Waals surface area contributed by atoms with Gasteiger partial charge >= 0.3 is 0 Å². The van der Waals surface area contributed by atoms with Gasteiger partial charge in [-0.1, -0.05) is 75.8 Å². The first kappa shape index (κ1) is 35.0. The normalized spacial score (nSPS) is 15.9. The Balaban J connectivity index is 0.000000597. The molecule has 1 aliphatic carbocycles. The lowest BCUT2D eigenvalue weighted by molar-refractivity contribution is 0.191. The van der Waals surface area contributed by atoms with Gasteiger partial charge in [0.05, 0.1) is 0 Å². The van der Waals surface area contributed by atoms with Crippen molar-refractivity contribution in [3.63, 3.8) is 0 Å². The summed E-state index contributed by atoms with van der Waals surface area (Å²) in [4.78, 5) is 8.88. The predicted octanol–water partition coefficient (Wildman–Crippen LogP) is 9.29. The summed E-state index contributed by atoms with van der Waals surface area (Å²) in [6.45, 7) is 20.0. The average Bonchev–Trinajstić information content (AvgIpc) is 2.92. The highest BCUT2D eigenvalue weighted by Crippen LogP contribution is 2.18. The topological polar surface area (TPSA) is 18.8 Å². The van der Waals surface area contributed by atoms with Gasteiger partial charge in [0.1, 0.15) is 0 Å². The summed E-state index contributed by atoms with van der Waals surface area (Å²) in [5.74, 6) is 1.90. The second-order valence-electron chi connectivity index (χ2n) is 9.42. The van der Waals surface area contributed by atoms with Crippen molar-refractivity contribution in [2.75, 3.05) is 37.3 Å². The van der Waals surface area contributed by atoms with Crippen LogP contribution in [0.5, 0.6) is 0 Å². The van der Waals surface area contributed by atoms with Crippen molar-refractivity contribution in [1.82, 2.24) is 4.90 Å². The molecule has 0 N–H and O–H groups in total. The number of hydrogen-bond donors (Lipinski definition) is 1. The highest BCUT2D eigenvalue weighted by molar-refractivity contribution is 7.80. The monoisotopic (exact) mass is 525 g/mol. The number of benzene rings is 1. The van der Waals surface area contributed by atoms with Crippen LogP contribution in [0.2, 0.25) is 0 Å². The maximum absolute atomic E-state index is 4.20. The Bertz CT molecular complexity index is 812. The summed E-state index contributed by atoms with van der Waals surface area (Å²) in [5, 5.41) is 0. The van der Waals surface area contributed by atoms with Crippen LogP contribution < -0.4 is 4.90 Å². The average molecular weight is 526 g/mol. The van der Waals surface area contributed by atoms with E-state index in [1.807, 2.05) is 45.8 Å². The SMILES string of the molecule is C=CC(C)=N/C=C\N(C)c1ccc(C)cc1.CC.CC1CCN(CCCC2=CCCC=C2)CC1.CCS. The molecule has 2 aliphatic rings. The number of likely N-dealkylation sites (tertiary alicyclic amines) is 1. The van der Waals surface area contributed by atoms with Crippen LogP contribution in [0, 0.1) is 12.8 Å². The standard InChI is InChI=1S/C15H25N.C14H18N2.C2H6S.C2H6/c1-14-9-12-16(13-10-14)11-5-8-15-6-3-2-4-7-15;1-5-13(3)15-10-11-16(4)14-8-6-12(2)7-9-14;1-2-3;1-2/h3,6-7,14H,2,4-5,8-13H2,1H3;5-11H,1H2,2-4H3;3H,2H2,1H3;1-2H3/b;11-10-,15-13?;;. The van der Waals surface area contributed by atoms with E-state index in [4.69, 9.17) is 0 Å². The van der Waals surface area contributed by atoms with Gasteiger partial charge in [0.15, 0.2) is 0 Å². The van der Waals surface area contributed by atoms with Gasteiger partial charge < -0.3 is 9.80 Å². The molecule has 0 amide bonds. The van der Waals surface area contributed by atoms with Crippen LogP contribution in [-0.4, -0.2) is 43.0 Å². The second kappa shape index (κ2) is 23.1. The number of anilines is 1. The number of hydrogen-bond acceptors (Lipinski definition) is 4. The molecule has 37 heavy (non-hydrogen) atoms. The maximum Gasteiger partial charge on any atom is 0.0433 e. The van der Waals surface area contributed by atoms with Crippen molar-refractivity contribution in [3.05, 3.63) is 78.7 Å². The van der Waals surface area contributed by atoms with Crippen LogP contribution in [0.25, 0.3) is 0 Å². The molecular weight excluding hydrogens is 470 g/mol. The Morgan fingerprint density at radius 2 is 1.78 bits per heavy atom. The van der Waals surface area contributed by atoms with E-state index in [9.17, 15) is 0 Å². The number of rotatable bonds is 8. The quantitative estimate of drug-likeness (QED) is 0.269. The number of piperidine rings is 1. The number of allylic oxidation sites excluding steroid dienone is 5. The zero-order valence-corrected chi connectivity index (χ0v) is 25.8.